The van der Waals surface area contributed by atoms with E-state index in [1.807, 2.05) is 54.6 Å². The Morgan fingerprint density at radius 1 is 1.04 bits per heavy atom. The minimum Gasteiger partial charge on any atom is -0.497 e. The van der Waals surface area contributed by atoms with Crippen molar-refractivity contribution in [1.29, 1.82) is 0 Å². The number of Topliss-reactive ketones (excluding diaryl/α,β-unsaturated/α-hetero) is 1. The molecule has 0 spiro atoms. The van der Waals surface area contributed by atoms with Gasteiger partial charge in [0.15, 0.2) is 5.78 Å². The molecule has 1 aromatic heterocycles. The molecule has 4 nitrogen and oxygen atoms in total. The molecule has 3 aromatic rings. The van der Waals surface area contributed by atoms with Crippen molar-refractivity contribution in [2.75, 3.05) is 13.7 Å². The topological polar surface area (TPSA) is 55.4 Å². The third-order valence-corrected chi connectivity index (χ3v) is 5.37. The highest BCUT2D eigenvalue weighted by Crippen LogP contribution is 2.28. The van der Waals surface area contributed by atoms with E-state index in [-0.39, 0.29) is 11.7 Å². The van der Waals surface area contributed by atoms with Gasteiger partial charge in [-0.05, 0) is 54.8 Å². The molecule has 5 heteroatoms. The number of amides is 1. The summed E-state index contributed by atoms with van der Waals surface area (Å²) in [5.41, 5.74) is 2.76. The highest BCUT2D eigenvalue weighted by atomic mass is 32.1. The highest BCUT2D eigenvalue weighted by molar-refractivity contribution is 7.17. The fraction of sp³-hybridized carbons (Fsp3) is 0.182. The minimum atomic E-state index is -0.0810. The number of hydrogen-bond acceptors (Lipinski definition) is 4. The second-order valence-electron chi connectivity index (χ2n) is 6.15. The van der Waals surface area contributed by atoms with Crippen LogP contribution in [0.5, 0.6) is 5.75 Å². The number of nitrogens with one attached hydrogen (secondary N) is 1. The van der Waals surface area contributed by atoms with Gasteiger partial charge in [-0.3, -0.25) is 9.59 Å². The molecule has 27 heavy (non-hydrogen) atoms. The first-order chi connectivity index (χ1) is 13.1. The zero-order valence-electron chi connectivity index (χ0n) is 15.3. The molecular weight excluding hydrogens is 358 g/mol. The number of hydrogen-bond donors (Lipinski definition) is 1. The largest absolute Gasteiger partial charge is 0.497 e. The Kier molecular flexibility index (Phi) is 6.04. The second-order valence-corrected chi connectivity index (χ2v) is 7.24. The van der Waals surface area contributed by atoms with Crippen LogP contribution in [0, 0.1) is 0 Å². The maximum Gasteiger partial charge on any atom is 0.261 e. The van der Waals surface area contributed by atoms with E-state index in [1.54, 1.807) is 20.1 Å². The van der Waals surface area contributed by atoms with Gasteiger partial charge >= 0.3 is 0 Å². The summed E-state index contributed by atoms with van der Waals surface area (Å²) in [4.78, 5) is 25.6. The Bertz CT molecular complexity index is 944. The first-order valence-electron chi connectivity index (χ1n) is 8.69. The number of carbonyl (C=O) groups excluding carboxylic acids is 2. The quantitative estimate of drug-likeness (QED) is 0.611. The SMILES string of the molecule is COc1ccc(CCNC(=O)c2ccc(-c3cccc(C(C)=O)c3)s2)cc1. The first-order valence-corrected chi connectivity index (χ1v) is 9.51. The number of benzene rings is 2. The highest BCUT2D eigenvalue weighted by Gasteiger charge is 2.11. The van der Waals surface area contributed by atoms with Crippen LogP contribution in [-0.4, -0.2) is 25.3 Å². The second kappa shape index (κ2) is 8.64. The van der Waals surface area contributed by atoms with E-state index in [0.717, 1.165) is 28.2 Å². The van der Waals surface area contributed by atoms with Gasteiger partial charge in [-0.15, -0.1) is 11.3 Å². The lowest BCUT2D eigenvalue weighted by Crippen LogP contribution is -2.24. The molecule has 0 aliphatic heterocycles. The summed E-state index contributed by atoms with van der Waals surface area (Å²) in [6.07, 6.45) is 0.759. The van der Waals surface area contributed by atoms with E-state index in [2.05, 4.69) is 5.32 Å². The molecule has 0 unspecified atom stereocenters. The van der Waals surface area contributed by atoms with Crippen LogP contribution < -0.4 is 10.1 Å². The Morgan fingerprint density at radius 3 is 2.52 bits per heavy atom. The van der Waals surface area contributed by atoms with Crippen molar-refractivity contribution in [1.82, 2.24) is 5.32 Å². The van der Waals surface area contributed by atoms with Gasteiger partial charge in [-0.25, -0.2) is 0 Å². The number of thiophene rings is 1. The summed E-state index contributed by atoms with van der Waals surface area (Å²) < 4.78 is 5.14. The average molecular weight is 379 g/mol. The van der Waals surface area contributed by atoms with E-state index in [0.29, 0.717) is 17.0 Å². The maximum absolute atomic E-state index is 12.4. The molecule has 1 N–H and O–H groups in total. The Labute approximate surface area is 162 Å². The summed E-state index contributed by atoms with van der Waals surface area (Å²) in [7, 11) is 1.64. The minimum absolute atomic E-state index is 0.0323. The van der Waals surface area contributed by atoms with Crippen LogP contribution >= 0.6 is 11.3 Å². The Hall–Kier alpha value is -2.92. The van der Waals surface area contributed by atoms with E-state index in [9.17, 15) is 9.59 Å². The molecule has 0 aliphatic rings. The fourth-order valence-corrected chi connectivity index (χ4v) is 3.62. The van der Waals surface area contributed by atoms with Gasteiger partial charge in [0.05, 0.1) is 12.0 Å². The lowest BCUT2D eigenvalue weighted by Gasteiger charge is -2.05. The number of ether oxygens (including phenoxy) is 1. The van der Waals surface area contributed by atoms with Crippen LogP contribution in [0.1, 0.15) is 32.5 Å². The molecule has 0 bridgehead atoms. The van der Waals surface area contributed by atoms with Gasteiger partial charge < -0.3 is 10.1 Å². The molecule has 0 aliphatic carbocycles. The van der Waals surface area contributed by atoms with Gasteiger partial charge in [0.25, 0.3) is 5.91 Å². The van der Waals surface area contributed by atoms with E-state index < -0.39 is 0 Å². The molecule has 0 radical (unpaired) electrons. The van der Waals surface area contributed by atoms with Crippen LogP contribution in [0.2, 0.25) is 0 Å². The van der Waals surface area contributed by atoms with Crippen molar-refractivity contribution in [2.24, 2.45) is 0 Å². The number of carbonyl (C=O) groups is 2. The van der Waals surface area contributed by atoms with E-state index in [1.165, 1.54) is 11.3 Å². The van der Waals surface area contributed by atoms with Crippen LogP contribution in [0.3, 0.4) is 0 Å². The van der Waals surface area contributed by atoms with Gasteiger partial charge in [-0.2, -0.15) is 0 Å². The van der Waals surface area contributed by atoms with Gasteiger partial charge in [-0.1, -0.05) is 30.3 Å². The molecule has 2 aromatic carbocycles. The van der Waals surface area contributed by atoms with Gasteiger partial charge in [0.2, 0.25) is 0 Å². The standard InChI is InChI=1S/C22H21NO3S/c1-15(24)17-4-3-5-18(14-17)20-10-11-21(27-20)22(25)23-13-12-16-6-8-19(26-2)9-7-16/h3-11,14H,12-13H2,1-2H3,(H,23,25). The van der Waals surface area contributed by atoms with Crippen LogP contribution in [0.15, 0.2) is 60.7 Å². The lowest BCUT2D eigenvalue weighted by molar-refractivity contribution is 0.0957. The predicted molar refractivity (Wildman–Crippen MR) is 109 cm³/mol. The number of rotatable bonds is 7. The Morgan fingerprint density at radius 2 is 1.81 bits per heavy atom. The third kappa shape index (κ3) is 4.83. The lowest BCUT2D eigenvalue weighted by atomic mass is 10.1. The summed E-state index contributed by atoms with van der Waals surface area (Å²) in [5, 5.41) is 2.96. The first kappa shape index (κ1) is 18.9. The van der Waals surface area contributed by atoms with Gasteiger partial charge in [0, 0.05) is 17.0 Å². The zero-order chi connectivity index (χ0) is 19.2. The van der Waals surface area contributed by atoms with Crippen molar-refractivity contribution in [3.05, 3.63) is 76.7 Å². The molecule has 0 fully saturated rings. The van der Waals surface area contributed by atoms with E-state index in [4.69, 9.17) is 4.74 Å². The molecule has 0 atom stereocenters. The van der Waals surface area contributed by atoms with Crippen molar-refractivity contribution >= 4 is 23.0 Å². The molecular formula is C22H21NO3S. The van der Waals surface area contributed by atoms with Crippen molar-refractivity contribution in [3.8, 4) is 16.2 Å². The average Bonchev–Trinajstić information content (AvgIpc) is 3.19. The summed E-state index contributed by atoms with van der Waals surface area (Å²) >= 11 is 1.43. The van der Waals surface area contributed by atoms with Crippen molar-refractivity contribution < 1.29 is 14.3 Å². The van der Waals surface area contributed by atoms with Gasteiger partial charge in [0.1, 0.15) is 5.75 Å². The third-order valence-electron chi connectivity index (χ3n) is 4.24. The zero-order valence-corrected chi connectivity index (χ0v) is 16.1. The molecule has 3 rings (SSSR count). The van der Waals surface area contributed by atoms with Crippen LogP contribution in [0.4, 0.5) is 0 Å². The monoisotopic (exact) mass is 379 g/mol. The summed E-state index contributed by atoms with van der Waals surface area (Å²) in [6, 6.07) is 19.0. The number of methoxy groups -OCH3 is 1. The maximum atomic E-state index is 12.4. The number of ketones is 1. The molecule has 138 valence electrons. The van der Waals surface area contributed by atoms with Crippen LogP contribution in [-0.2, 0) is 6.42 Å². The van der Waals surface area contributed by atoms with Crippen molar-refractivity contribution in [3.63, 3.8) is 0 Å². The predicted octanol–water partition coefficient (Wildman–Crippen LogP) is 4.60. The van der Waals surface area contributed by atoms with Crippen molar-refractivity contribution in [2.45, 2.75) is 13.3 Å². The molecule has 0 saturated heterocycles. The normalized spacial score (nSPS) is 10.4. The fourth-order valence-electron chi connectivity index (χ4n) is 2.71. The smallest absolute Gasteiger partial charge is 0.261 e. The van der Waals surface area contributed by atoms with Crippen LogP contribution in [0.25, 0.3) is 10.4 Å². The molecule has 1 amide bonds. The summed E-state index contributed by atoms with van der Waals surface area (Å²) in [6.45, 7) is 2.12. The summed E-state index contributed by atoms with van der Waals surface area (Å²) in [5.74, 6) is 0.773. The molecule has 0 saturated carbocycles. The Balaban J connectivity index is 1.59. The van der Waals surface area contributed by atoms with E-state index >= 15 is 0 Å². The molecule has 1 heterocycles.